The molecule has 0 radical (unpaired) electrons. The zero-order chi connectivity index (χ0) is 15.8. The number of hydrogen-bond donors (Lipinski definition) is 1. The number of amides is 1. The summed E-state index contributed by atoms with van der Waals surface area (Å²) in [5, 5.41) is 7.11. The average molecular weight is 309 g/mol. The Morgan fingerprint density at radius 1 is 1.35 bits per heavy atom. The lowest BCUT2D eigenvalue weighted by Gasteiger charge is -2.32. The number of carbonyl (C=O) groups is 1. The highest BCUT2D eigenvalue weighted by Crippen LogP contribution is 2.49. The lowest BCUT2D eigenvalue weighted by molar-refractivity contribution is -0.133. The van der Waals surface area contributed by atoms with E-state index in [4.69, 9.17) is 0 Å². The van der Waals surface area contributed by atoms with Gasteiger partial charge in [-0.1, -0.05) is 29.8 Å². The van der Waals surface area contributed by atoms with Gasteiger partial charge < -0.3 is 4.90 Å². The van der Waals surface area contributed by atoms with E-state index in [0.717, 1.165) is 38.0 Å². The number of nitrogens with zero attached hydrogens (tertiary/aromatic N) is 2. The van der Waals surface area contributed by atoms with E-state index in [2.05, 4.69) is 46.3 Å². The van der Waals surface area contributed by atoms with E-state index in [1.165, 1.54) is 11.1 Å². The number of aromatic nitrogens is 2. The zero-order valence-electron chi connectivity index (χ0n) is 13.5. The highest BCUT2D eigenvalue weighted by atomic mass is 16.2. The van der Waals surface area contributed by atoms with E-state index in [9.17, 15) is 4.79 Å². The van der Waals surface area contributed by atoms with Crippen molar-refractivity contribution in [3.63, 3.8) is 0 Å². The summed E-state index contributed by atoms with van der Waals surface area (Å²) in [5.41, 5.74) is 3.76. The molecule has 1 amide bonds. The molecule has 4 nitrogen and oxygen atoms in total. The molecule has 1 N–H and O–H groups in total. The Hall–Kier alpha value is -2.10. The van der Waals surface area contributed by atoms with Gasteiger partial charge in [0.1, 0.15) is 0 Å². The van der Waals surface area contributed by atoms with Crippen molar-refractivity contribution in [1.82, 2.24) is 15.1 Å². The molecule has 1 saturated heterocycles. The Kier molecular flexibility index (Phi) is 3.68. The Morgan fingerprint density at radius 2 is 2.26 bits per heavy atom. The highest BCUT2D eigenvalue weighted by Gasteiger charge is 2.46. The van der Waals surface area contributed by atoms with Crippen molar-refractivity contribution >= 4 is 5.91 Å². The second kappa shape index (κ2) is 5.84. The van der Waals surface area contributed by atoms with Gasteiger partial charge in [0.2, 0.25) is 5.91 Å². The van der Waals surface area contributed by atoms with Crippen molar-refractivity contribution in [2.45, 2.75) is 38.0 Å². The van der Waals surface area contributed by atoms with Gasteiger partial charge in [-0.3, -0.25) is 9.89 Å². The van der Waals surface area contributed by atoms with Gasteiger partial charge in [0.05, 0.1) is 0 Å². The molecule has 3 unspecified atom stereocenters. The molecule has 4 rings (SSSR count). The van der Waals surface area contributed by atoms with Crippen molar-refractivity contribution in [2.75, 3.05) is 13.1 Å². The second-order valence-corrected chi connectivity index (χ2v) is 7.00. The monoisotopic (exact) mass is 309 g/mol. The summed E-state index contributed by atoms with van der Waals surface area (Å²) in [6, 6.07) is 10.6. The number of hydrogen-bond acceptors (Lipinski definition) is 2. The predicted octanol–water partition coefficient (Wildman–Crippen LogP) is 3.23. The molecule has 0 bridgehead atoms. The number of carbonyl (C=O) groups excluding carboxylic acids is 1. The molecule has 2 aliphatic rings. The summed E-state index contributed by atoms with van der Waals surface area (Å²) in [5.74, 6) is 1.37. The molecule has 23 heavy (non-hydrogen) atoms. The summed E-state index contributed by atoms with van der Waals surface area (Å²) < 4.78 is 0. The first kappa shape index (κ1) is 14.5. The topological polar surface area (TPSA) is 49.0 Å². The van der Waals surface area contributed by atoms with E-state index >= 15 is 0 Å². The van der Waals surface area contributed by atoms with Crippen LogP contribution in [-0.2, 0) is 4.79 Å². The van der Waals surface area contributed by atoms with Gasteiger partial charge in [0, 0.05) is 36.8 Å². The van der Waals surface area contributed by atoms with Crippen LogP contribution in [0.15, 0.2) is 36.5 Å². The molecule has 2 heterocycles. The maximum absolute atomic E-state index is 12.8. The van der Waals surface area contributed by atoms with Crippen LogP contribution < -0.4 is 0 Å². The number of rotatable bonds is 3. The number of nitrogens with one attached hydrogen (secondary N) is 1. The number of aromatic amines is 1. The van der Waals surface area contributed by atoms with Gasteiger partial charge in [-0.2, -0.15) is 5.10 Å². The standard InChI is InChI=1S/C19H23N3O/c1-13-4-2-5-14(10-13)16-11-17(16)19(23)22-9-3-6-15(12-22)18-7-8-20-21-18/h2,4-5,7-8,10,15-17H,3,6,9,11-12H2,1H3,(H,20,21). The smallest absolute Gasteiger partial charge is 0.226 e. The van der Waals surface area contributed by atoms with Crippen LogP contribution in [0.2, 0.25) is 0 Å². The van der Waals surface area contributed by atoms with E-state index in [-0.39, 0.29) is 5.92 Å². The van der Waals surface area contributed by atoms with Crippen molar-refractivity contribution < 1.29 is 4.79 Å². The van der Waals surface area contributed by atoms with Crippen molar-refractivity contribution in [1.29, 1.82) is 0 Å². The van der Waals surface area contributed by atoms with Crippen LogP contribution in [0.3, 0.4) is 0 Å². The van der Waals surface area contributed by atoms with Gasteiger partial charge >= 0.3 is 0 Å². The maximum atomic E-state index is 12.8. The Labute approximate surface area is 136 Å². The predicted molar refractivity (Wildman–Crippen MR) is 89.2 cm³/mol. The average Bonchev–Trinajstić information content (AvgIpc) is 3.19. The van der Waals surface area contributed by atoms with Gasteiger partial charge in [-0.15, -0.1) is 0 Å². The number of aryl methyl sites for hydroxylation is 1. The molecule has 120 valence electrons. The molecule has 1 aliphatic heterocycles. The van der Waals surface area contributed by atoms with E-state index in [1.54, 1.807) is 6.20 Å². The SMILES string of the molecule is Cc1cccc(C2CC2C(=O)N2CCCC(c3ccn[nH]3)C2)c1. The second-order valence-electron chi connectivity index (χ2n) is 7.00. The first-order valence-electron chi connectivity index (χ1n) is 8.57. The number of H-pyrrole nitrogens is 1. The van der Waals surface area contributed by atoms with Crippen molar-refractivity contribution in [3.05, 3.63) is 53.3 Å². The third-order valence-electron chi connectivity index (χ3n) is 5.27. The van der Waals surface area contributed by atoms with E-state index in [1.807, 2.05) is 6.07 Å². The number of likely N-dealkylation sites (tertiary alicyclic amines) is 1. The first-order chi connectivity index (χ1) is 11.2. The number of piperidine rings is 1. The summed E-state index contributed by atoms with van der Waals surface area (Å²) >= 11 is 0. The lowest BCUT2D eigenvalue weighted by atomic mass is 9.94. The molecule has 1 aromatic heterocycles. The van der Waals surface area contributed by atoms with Crippen LogP contribution in [0.5, 0.6) is 0 Å². The minimum atomic E-state index is 0.192. The van der Waals surface area contributed by atoms with Crippen LogP contribution >= 0.6 is 0 Å². The molecule has 2 fully saturated rings. The molecular formula is C19H23N3O. The van der Waals surface area contributed by atoms with Gasteiger partial charge in [-0.25, -0.2) is 0 Å². The molecule has 4 heteroatoms. The summed E-state index contributed by atoms with van der Waals surface area (Å²) in [4.78, 5) is 14.9. The fourth-order valence-corrected chi connectivity index (χ4v) is 3.90. The van der Waals surface area contributed by atoms with E-state index in [0.29, 0.717) is 17.7 Å². The lowest BCUT2D eigenvalue weighted by Crippen LogP contribution is -2.40. The fraction of sp³-hybridized carbons (Fsp3) is 0.474. The van der Waals surface area contributed by atoms with Crippen LogP contribution in [0.4, 0.5) is 0 Å². The minimum absolute atomic E-state index is 0.192. The molecule has 1 aromatic carbocycles. The van der Waals surface area contributed by atoms with Crippen molar-refractivity contribution in [2.24, 2.45) is 5.92 Å². The highest BCUT2D eigenvalue weighted by molar-refractivity contribution is 5.83. The third kappa shape index (κ3) is 2.90. The zero-order valence-corrected chi connectivity index (χ0v) is 13.5. The minimum Gasteiger partial charge on any atom is -0.342 e. The molecule has 2 aromatic rings. The molecule has 1 aliphatic carbocycles. The Bertz CT molecular complexity index is 694. The normalized spacial score (nSPS) is 27.0. The molecule has 0 spiro atoms. The van der Waals surface area contributed by atoms with Gasteiger partial charge in [-0.05, 0) is 43.7 Å². The first-order valence-corrected chi connectivity index (χ1v) is 8.57. The molecule has 3 atom stereocenters. The van der Waals surface area contributed by atoms with Crippen molar-refractivity contribution in [3.8, 4) is 0 Å². The van der Waals surface area contributed by atoms with Gasteiger partial charge in [0.25, 0.3) is 0 Å². The summed E-state index contributed by atoms with van der Waals surface area (Å²) in [6.45, 7) is 3.85. The fourth-order valence-electron chi connectivity index (χ4n) is 3.90. The molecular weight excluding hydrogens is 286 g/mol. The van der Waals surface area contributed by atoms with Gasteiger partial charge in [0.15, 0.2) is 0 Å². The van der Waals surface area contributed by atoms with E-state index < -0.39 is 0 Å². The maximum Gasteiger partial charge on any atom is 0.226 e. The Morgan fingerprint density at radius 3 is 3.04 bits per heavy atom. The Balaban J connectivity index is 1.42. The quantitative estimate of drug-likeness (QED) is 0.946. The summed E-state index contributed by atoms with van der Waals surface area (Å²) in [6.07, 6.45) is 5.02. The van der Waals surface area contributed by atoms with Crippen LogP contribution in [-0.4, -0.2) is 34.1 Å². The van der Waals surface area contributed by atoms with Crippen LogP contribution in [0.25, 0.3) is 0 Å². The van der Waals surface area contributed by atoms with Crippen LogP contribution in [0, 0.1) is 12.8 Å². The molecule has 1 saturated carbocycles. The largest absolute Gasteiger partial charge is 0.342 e. The number of benzene rings is 1. The third-order valence-corrected chi connectivity index (χ3v) is 5.27. The van der Waals surface area contributed by atoms with Crippen LogP contribution in [0.1, 0.15) is 47.9 Å². The summed E-state index contributed by atoms with van der Waals surface area (Å²) in [7, 11) is 0.